The number of benzene rings is 1. The quantitative estimate of drug-likeness (QED) is 0.942. The third kappa shape index (κ3) is 3.36. The highest BCUT2D eigenvalue weighted by molar-refractivity contribution is 5.26. The van der Waals surface area contributed by atoms with E-state index in [1.54, 1.807) is 12.4 Å². The summed E-state index contributed by atoms with van der Waals surface area (Å²) >= 11 is 0. The number of nitrogens with two attached hydrogens (primary N) is 1. The van der Waals surface area contributed by atoms with Crippen molar-refractivity contribution in [2.75, 3.05) is 0 Å². The van der Waals surface area contributed by atoms with Gasteiger partial charge >= 0.3 is 11.9 Å². The molecule has 1 heterocycles. The van der Waals surface area contributed by atoms with Gasteiger partial charge < -0.3 is 5.73 Å². The maximum absolute atomic E-state index is 12.5. The molecule has 2 rings (SSSR count). The largest absolute Gasteiger partial charge is 0.416 e. The van der Waals surface area contributed by atoms with Gasteiger partial charge in [0.1, 0.15) is 0 Å². The van der Waals surface area contributed by atoms with E-state index in [9.17, 15) is 18.0 Å². The number of hydrogen-bond donors (Lipinski definition) is 1. The number of halogens is 3. The first-order valence-corrected chi connectivity index (χ1v) is 6.51. The number of aryl methyl sites for hydroxylation is 1. The Morgan fingerprint density at radius 3 is 2.19 bits per heavy atom. The first kappa shape index (κ1) is 15.4. The number of hydrogen-bond acceptors (Lipinski definition) is 2. The minimum absolute atomic E-state index is 0.181. The topological polar surface area (TPSA) is 52.9 Å². The van der Waals surface area contributed by atoms with Gasteiger partial charge in [0, 0.05) is 31.5 Å². The van der Waals surface area contributed by atoms with Crippen LogP contribution in [0.15, 0.2) is 41.5 Å². The van der Waals surface area contributed by atoms with Gasteiger partial charge in [0.2, 0.25) is 0 Å². The maximum Gasteiger partial charge on any atom is 0.416 e. The lowest BCUT2D eigenvalue weighted by atomic mass is 10.1. The smallest absolute Gasteiger partial charge is 0.322 e. The molecule has 1 aromatic carbocycles. The van der Waals surface area contributed by atoms with Gasteiger partial charge in [-0.2, -0.15) is 13.2 Å². The zero-order chi connectivity index (χ0) is 15.6. The molecule has 0 fully saturated rings. The molecular weight excluding hydrogens is 283 g/mol. The van der Waals surface area contributed by atoms with Crippen LogP contribution in [0.4, 0.5) is 13.2 Å². The van der Waals surface area contributed by atoms with E-state index in [0.717, 1.165) is 12.1 Å². The number of nitrogens with zero attached hydrogens (tertiary/aromatic N) is 2. The van der Waals surface area contributed by atoms with Gasteiger partial charge in [0.25, 0.3) is 0 Å². The monoisotopic (exact) mass is 299 g/mol. The molecule has 0 spiro atoms. The van der Waals surface area contributed by atoms with Crippen LogP contribution < -0.4 is 11.4 Å². The number of aromatic nitrogens is 2. The molecule has 1 atom stereocenters. The molecule has 1 unspecified atom stereocenters. The van der Waals surface area contributed by atoms with Gasteiger partial charge in [-0.25, -0.2) is 4.79 Å². The Bertz CT molecular complexity index is 655. The van der Waals surface area contributed by atoms with Crippen LogP contribution in [0.5, 0.6) is 0 Å². The minimum Gasteiger partial charge on any atom is -0.322 e. The summed E-state index contributed by atoms with van der Waals surface area (Å²) in [6.45, 7) is 2.63. The lowest BCUT2D eigenvalue weighted by molar-refractivity contribution is -0.137. The summed E-state index contributed by atoms with van der Waals surface area (Å²) in [5.74, 6) is 0. The molecule has 0 aliphatic heterocycles. The van der Waals surface area contributed by atoms with E-state index in [2.05, 4.69) is 0 Å². The average Bonchev–Trinajstić information content (AvgIpc) is 2.79. The average molecular weight is 299 g/mol. The fourth-order valence-corrected chi connectivity index (χ4v) is 2.07. The normalized spacial score (nSPS) is 13.4. The molecule has 114 valence electrons. The second-order valence-corrected chi connectivity index (χ2v) is 4.75. The number of imidazole rings is 1. The van der Waals surface area contributed by atoms with Crippen LogP contribution in [0, 0.1) is 0 Å². The summed E-state index contributed by atoms with van der Waals surface area (Å²) in [5.41, 5.74) is 5.61. The summed E-state index contributed by atoms with van der Waals surface area (Å²) < 4.78 is 40.4. The summed E-state index contributed by atoms with van der Waals surface area (Å²) in [7, 11) is 0. The minimum atomic E-state index is -4.36. The Balaban J connectivity index is 2.15. The van der Waals surface area contributed by atoms with Crippen molar-refractivity contribution >= 4 is 0 Å². The van der Waals surface area contributed by atoms with Gasteiger partial charge in [0.05, 0.1) is 5.56 Å². The maximum atomic E-state index is 12.5. The van der Waals surface area contributed by atoms with Gasteiger partial charge in [-0.05, 0) is 24.6 Å². The molecule has 4 nitrogen and oxygen atoms in total. The molecule has 2 N–H and O–H groups in total. The lowest BCUT2D eigenvalue weighted by Crippen LogP contribution is -2.28. The van der Waals surface area contributed by atoms with Crippen molar-refractivity contribution in [3.05, 3.63) is 58.3 Å². The van der Waals surface area contributed by atoms with Crippen LogP contribution in [0.3, 0.4) is 0 Å². The fourth-order valence-electron chi connectivity index (χ4n) is 2.07. The zero-order valence-corrected chi connectivity index (χ0v) is 11.5. The number of rotatable bonds is 4. The highest BCUT2D eigenvalue weighted by atomic mass is 19.4. The SMILES string of the molecule is CCn1ccn(CC(N)c2ccc(C(F)(F)F)cc2)c1=O. The lowest BCUT2D eigenvalue weighted by Gasteiger charge is -2.14. The van der Waals surface area contributed by atoms with Crippen molar-refractivity contribution in [3.8, 4) is 0 Å². The Morgan fingerprint density at radius 2 is 1.71 bits per heavy atom. The predicted molar refractivity (Wildman–Crippen MR) is 72.7 cm³/mol. The van der Waals surface area contributed by atoms with Crippen molar-refractivity contribution in [1.82, 2.24) is 9.13 Å². The first-order chi connectivity index (χ1) is 9.82. The molecule has 0 aliphatic rings. The zero-order valence-electron chi connectivity index (χ0n) is 11.5. The third-order valence-electron chi connectivity index (χ3n) is 3.32. The molecule has 7 heteroatoms. The van der Waals surface area contributed by atoms with Crippen LogP contribution in [0.1, 0.15) is 24.1 Å². The van der Waals surface area contributed by atoms with Crippen molar-refractivity contribution in [3.63, 3.8) is 0 Å². The summed E-state index contributed by atoms with van der Waals surface area (Å²) in [5, 5.41) is 0. The molecule has 0 aliphatic carbocycles. The highest BCUT2D eigenvalue weighted by Gasteiger charge is 2.30. The van der Waals surface area contributed by atoms with Gasteiger partial charge in [-0.15, -0.1) is 0 Å². The van der Waals surface area contributed by atoms with Crippen LogP contribution in [0.2, 0.25) is 0 Å². The molecule has 0 radical (unpaired) electrons. The van der Waals surface area contributed by atoms with Gasteiger partial charge in [-0.1, -0.05) is 12.1 Å². The Morgan fingerprint density at radius 1 is 1.14 bits per heavy atom. The number of alkyl halides is 3. The molecule has 0 bridgehead atoms. The van der Waals surface area contributed by atoms with E-state index in [1.165, 1.54) is 21.3 Å². The van der Waals surface area contributed by atoms with Gasteiger partial charge in [0.15, 0.2) is 0 Å². The molecule has 21 heavy (non-hydrogen) atoms. The Hall–Kier alpha value is -2.02. The fraction of sp³-hybridized carbons (Fsp3) is 0.357. The third-order valence-corrected chi connectivity index (χ3v) is 3.32. The van der Waals surface area contributed by atoms with E-state index in [-0.39, 0.29) is 12.2 Å². The Kier molecular flexibility index (Phi) is 4.22. The molecule has 1 aromatic heterocycles. The summed E-state index contributed by atoms with van der Waals surface area (Å²) in [6, 6.07) is 4.13. The van der Waals surface area contributed by atoms with E-state index in [1.807, 2.05) is 6.92 Å². The van der Waals surface area contributed by atoms with Crippen LogP contribution in [-0.4, -0.2) is 9.13 Å². The van der Waals surface area contributed by atoms with E-state index < -0.39 is 17.8 Å². The summed E-state index contributed by atoms with van der Waals surface area (Å²) in [6.07, 6.45) is -1.09. The highest BCUT2D eigenvalue weighted by Crippen LogP contribution is 2.29. The van der Waals surface area contributed by atoms with Crippen LogP contribution in [0.25, 0.3) is 0 Å². The molecule has 0 amide bonds. The van der Waals surface area contributed by atoms with Crippen LogP contribution in [-0.2, 0) is 19.3 Å². The van der Waals surface area contributed by atoms with E-state index in [4.69, 9.17) is 5.73 Å². The first-order valence-electron chi connectivity index (χ1n) is 6.51. The Labute approximate surface area is 119 Å². The predicted octanol–water partition coefficient (Wildman–Crippen LogP) is 2.39. The molecule has 0 saturated carbocycles. The molecule has 2 aromatic rings. The standard InChI is InChI=1S/C14H16F3N3O/c1-2-19-7-8-20(13(19)21)9-12(18)10-3-5-11(6-4-10)14(15,16)17/h3-8,12H,2,9,18H2,1H3. The van der Waals surface area contributed by atoms with Crippen molar-refractivity contribution in [2.24, 2.45) is 5.73 Å². The molecule has 0 saturated heterocycles. The van der Waals surface area contributed by atoms with Crippen molar-refractivity contribution < 1.29 is 13.2 Å². The summed E-state index contributed by atoms with van der Waals surface area (Å²) in [4.78, 5) is 11.9. The van der Waals surface area contributed by atoms with Crippen LogP contribution >= 0.6 is 0 Å². The second-order valence-electron chi connectivity index (χ2n) is 4.75. The van der Waals surface area contributed by atoms with Gasteiger partial charge in [-0.3, -0.25) is 9.13 Å². The van der Waals surface area contributed by atoms with E-state index in [0.29, 0.717) is 12.1 Å². The molecular formula is C14H16F3N3O. The second kappa shape index (κ2) is 5.77. The van der Waals surface area contributed by atoms with Crippen molar-refractivity contribution in [1.29, 1.82) is 0 Å². The van der Waals surface area contributed by atoms with E-state index >= 15 is 0 Å². The van der Waals surface area contributed by atoms with Crippen molar-refractivity contribution in [2.45, 2.75) is 32.2 Å².